The van der Waals surface area contributed by atoms with Crippen molar-refractivity contribution >= 4 is 40.3 Å². The van der Waals surface area contributed by atoms with Gasteiger partial charge in [0.1, 0.15) is 5.69 Å². The fraction of sp³-hybridized carbons (Fsp3) is 0.391. The molecule has 1 fully saturated rings. The van der Waals surface area contributed by atoms with Crippen LogP contribution in [0.1, 0.15) is 61.4 Å². The standard InChI is InChI=1S/C23H28N4O3S/c1-3-16(2)17-7-10-19(11-8-17)24-23(31)25-22(28)18-9-12-20(21(15-18)27(29)30)26-13-5-4-6-14-26/h7-12,15-16H,3-6,13-14H2,1-2H3,(H2,24,25,28,31)/t16-/m1/s1. The summed E-state index contributed by atoms with van der Waals surface area (Å²) in [5.74, 6) is -0.00794. The van der Waals surface area contributed by atoms with Gasteiger partial charge in [0.15, 0.2) is 5.11 Å². The molecule has 1 heterocycles. The topological polar surface area (TPSA) is 87.5 Å². The molecule has 1 aliphatic heterocycles. The normalized spacial score (nSPS) is 14.6. The van der Waals surface area contributed by atoms with Gasteiger partial charge in [-0.2, -0.15) is 0 Å². The Hall–Kier alpha value is -3.00. The van der Waals surface area contributed by atoms with Gasteiger partial charge in [-0.3, -0.25) is 20.2 Å². The first-order chi connectivity index (χ1) is 14.9. The van der Waals surface area contributed by atoms with Gasteiger partial charge < -0.3 is 10.2 Å². The lowest BCUT2D eigenvalue weighted by Gasteiger charge is -2.28. The lowest BCUT2D eigenvalue weighted by molar-refractivity contribution is -0.384. The van der Waals surface area contributed by atoms with Crippen molar-refractivity contribution in [3.8, 4) is 0 Å². The first-order valence-electron chi connectivity index (χ1n) is 10.6. The number of amides is 1. The minimum atomic E-state index is -0.484. The summed E-state index contributed by atoms with van der Waals surface area (Å²) < 4.78 is 0. The maximum atomic E-state index is 12.6. The zero-order valence-electron chi connectivity index (χ0n) is 17.9. The number of nitrogens with zero attached hydrogens (tertiary/aromatic N) is 2. The highest BCUT2D eigenvalue weighted by molar-refractivity contribution is 7.80. The van der Waals surface area contributed by atoms with Crippen molar-refractivity contribution in [2.45, 2.75) is 45.4 Å². The van der Waals surface area contributed by atoms with Crippen LogP contribution in [0.4, 0.5) is 17.1 Å². The Bertz CT molecular complexity index is 956. The maximum Gasteiger partial charge on any atom is 0.293 e. The van der Waals surface area contributed by atoms with Gasteiger partial charge in [0, 0.05) is 30.4 Å². The van der Waals surface area contributed by atoms with E-state index in [9.17, 15) is 14.9 Å². The number of nitro benzene ring substituents is 1. The molecule has 0 radical (unpaired) electrons. The van der Waals surface area contributed by atoms with Crippen LogP contribution in [0.5, 0.6) is 0 Å². The predicted octanol–water partition coefficient (Wildman–Crippen LogP) is 5.23. The zero-order valence-corrected chi connectivity index (χ0v) is 18.7. The van der Waals surface area contributed by atoms with E-state index in [4.69, 9.17) is 12.2 Å². The van der Waals surface area contributed by atoms with Crippen LogP contribution in [0.15, 0.2) is 42.5 Å². The van der Waals surface area contributed by atoms with Crippen molar-refractivity contribution in [2.24, 2.45) is 0 Å². The van der Waals surface area contributed by atoms with Gasteiger partial charge >= 0.3 is 0 Å². The molecule has 0 unspecified atom stereocenters. The van der Waals surface area contributed by atoms with Gasteiger partial charge in [-0.1, -0.05) is 26.0 Å². The van der Waals surface area contributed by atoms with Gasteiger partial charge in [0.05, 0.1) is 4.92 Å². The van der Waals surface area contributed by atoms with Crippen molar-refractivity contribution in [1.82, 2.24) is 5.32 Å². The maximum absolute atomic E-state index is 12.6. The van der Waals surface area contributed by atoms with Gasteiger partial charge in [0.2, 0.25) is 0 Å². The van der Waals surface area contributed by atoms with Crippen molar-refractivity contribution in [3.05, 3.63) is 63.7 Å². The number of hydrogen-bond donors (Lipinski definition) is 2. The van der Waals surface area contributed by atoms with Crippen molar-refractivity contribution < 1.29 is 9.72 Å². The fourth-order valence-corrected chi connectivity index (χ4v) is 3.89. The van der Waals surface area contributed by atoms with Crippen molar-refractivity contribution in [2.75, 3.05) is 23.3 Å². The summed E-state index contributed by atoms with van der Waals surface area (Å²) >= 11 is 5.25. The molecule has 2 aromatic carbocycles. The summed E-state index contributed by atoms with van der Waals surface area (Å²) in [5, 5.41) is 17.3. The van der Waals surface area contributed by atoms with Crippen LogP contribution in [0, 0.1) is 10.1 Å². The SMILES string of the molecule is CC[C@@H](C)c1ccc(NC(=S)NC(=O)c2ccc(N3CCCCC3)c([N+](=O)[O-])c2)cc1. The van der Waals surface area contributed by atoms with Crippen molar-refractivity contribution in [1.29, 1.82) is 0 Å². The van der Waals surface area contributed by atoms with Crippen LogP contribution in [-0.4, -0.2) is 29.0 Å². The van der Waals surface area contributed by atoms with Crippen LogP contribution < -0.4 is 15.5 Å². The summed E-state index contributed by atoms with van der Waals surface area (Å²) in [6.45, 7) is 5.89. The first-order valence-corrected chi connectivity index (χ1v) is 11.1. The molecule has 1 saturated heterocycles. The molecule has 3 rings (SSSR count). The fourth-order valence-electron chi connectivity index (χ4n) is 3.68. The number of nitro groups is 1. The summed E-state index contributed by atoms with van der Waals surface area (Å²) in [4.78, 5) is 25.8. The molecule has 0 aromatic heterocycles. The van der Waals surface area contributed by atoms with Crippen molar-refractivity contribution in [3.63, 3.8) is 0 Å². The molecule has 2 N–H and O–H groups in total. The van der Waals surface area contributed by atoms with Gasteiger partial charge in [-0.15, -0.1) is 0 Å². The highest BCUT2D eigenvalue weighted by Crippen LogP contribution is 2.31. The summed E-state index contributed by atoms with van der Waals surface area (Å²) in [5.41, 5.74) is 2.70. The number of rotatable bonds is 6. The van der Waals surface area contributed by atoms with E-state index in [2.05, 4.69) is 24.5 Å². The third-order valence-corrected chi connectivity index (χ3v) is 5.91. The molecule has 0 spiro atoms. The van der Waals surface area contributed by atoms with Crippen LogP contribution in [0.2, 0.25) is 0 Å². The summed E-state index contributed by atoms with van der Waals surface area (Å²) in [6.07, 6.45) is 4.22. The second-order valence-corrected chi connectivity index (χ2v) is 8.26. The largest absolute Gasteiger partial charge is 0.366 e. The quantitative estimate of drug-likeness (QED) is 0.364. The van der Waals surface area contributed by atoms with E-state index < -0.39 is 10.8 Å². The average Bonchev–Trinajstić information content (AvgIpc) is 2.79. The molecule has 164 valence electrons. The van der Waals surface area contributed by atoms with Gasteiger partial charge in [-0.05, 0) is 73.6 Å². The lowest BCUT2D eigenvalue weighted by atomic mass is 9.99. The molecule has 1 amide bonds. The van der Waals surface area contributed by atoms with Crippen LogP contribution in [0.25, 0.3) is 0 Å². The molecular formula is C23H28N4O3S. The Balaban J connectivity index is 1.67. The highest BCUT2D eigenvalue weighted by atomic mass is 32.1. The minimum Gasteiger partial charge on any atom is -0.366 e. The molecule has 1 atom stereocenters. The van der Waals surface area contributed by atoms with E-state index in [1.54, 1.807) is 12.1 Å². The lowest BCUT2D eigenvalue weighted by Crippen LogP contribution is -2.34. The van der Waals surface area contributed by atoms with Crippen LogP contribution >= 0.6 is 12.2 Å². The van der Waals surface area contributed by atoms with E-state index in [0.717, 1.165) is 44.5 Å². The average molecular weight is 441 g/mol. The summed E-state index contributed by atoms with van der Waals surface area (Å²) in [7, 11) is 0. The number of piperidine rings is 1. The second-order valence-electron chi connectivity index (χ2n) is 7.85. The van der Waals surface area contributed by atoms with Gasteiger partial charge in [-0.25, -0.2) is 0 Å². The predicted molar refractivity (Wildman–Crippen MR) is 128 cm³/mol. The number of nitrogens with one attached hydrogen (secondary N) is 2. The highest BCUT2D eigenvalue weighted by Gasteiger charge is 2.23. The molecule has 31 heavy (non-hydrogen) atoms. The minimum absolute atomic E-state index is 0.0611. The van der Waals surface area contributed by atoms with Crippen LogP contribution in [-0.2, 0) is 0 Å². The molecule has 2 aromatic rings. The number of carbonyl (C=O) groups is 1. The molecule has 0 aliphatic carbocycles. The molecular weight excluding hydrogens is 412 g/mol. The molecule has 0 bridgehead atoms. The van der Waals surface area contributed by atoms with E-state index in [1.165, 1.54) is 11.6 Å². The monoisotopic (exact) mass is 440 g/mol. The van der Waals surface area contributed by atoms with Gasteiger partial charge in [0.25, 0.3) is 11.6 Å². The Labute approximate surface area is 188 Å². The molecule has 1 aliphatic rings. The molecule has 8 heteroatoms. The van der Waals surface area contributed by atoms with E-state index in [0.29, 0.717) is 11.6 Å². The Kier molecular flexibility index (Phi) is 7.57. The molecule has 0 saturated carbocycles. The summed E-state index contributed by atoms with van der Waals surface area (Å²) in [6, 6.07) is 12.5. The van der Waals surface area contributed by atoms with E-state index >= 15 is 0 Å². The number of benzene rings is 2. The first kappa shape index (κ1) is 22.7. The van der Waals surface area contributed by atoms with E-state index in [1.807, 2.05) is 29.2 Å². The molecule has 7 nitrogen and oxygen atoms in total. The third kappa shape index (κ3) is 5.79. The number of anilines is 2. The van der Waals surface area contributed by atoms with E-state index in [-0.39, 0.29) is 16.4 Å². The second kappa shape index (κ2) is 10.3. The number of carbonyl (C=O) groups excluding carboxylic acids is 1. The Morgan fingerprint density at radius 3 is 2.45 bits per heavy atom. The Morgan fingerprint density at radius 1 is 1.16 bits per heavy atom. The number of hydrogen-bond acceptors (Lipinski definition) is 5. The smallest absolute Gasteiger partial charge is 0.293 e. The number of thiocarbonyl (C=S) groups is 1. The Morgan fingerprint density at radius 2 is 1.84 bits per heavy atom. The zero-order chi connectivity index (χ0) is 22.4. The van der Waals surface area contributed by atoms with Crippen LogP contribution in [0.3, 0.4) is 0 Å². The third-order valence-electron chi connectivity index (χ3n) is 5.71.